The maximum atomic E-state index is 12.7. The Kier molecular flexibility index (Phi) is 5.45. The van der Waals surface area contributed by atoms with Crippen LogP contribution in [0.2, 0.25) is 0 Å². The molecule has 0 spiro atoms. The SMILES string of the molecule is Cl.NC(CO)Cc1cc(F)ccc1O. The van der Waals surface area contributed by atoms with Crippen LogP contribution in [0.4, 0.5) is 4.39 Å². The van der Waals surface area contributed by atoms with Crippen molar-refractivity contribution in [3.8, 4) is 5.75 Å². The smallest absolute Gasteiger partial charge is 0.123 e. The lowest BCUT2D eigenvalue weighted by molar-refractivity contribution is 0.264. The Morgan fingerprint density at radius 2 is 2.07 bits per heavy atom. The molecule has 3 nitrogen and oxygen atoms in total. The standard InChI is InChI=1S/C9H12FNO2.ClH/c10-7-1-2-9(13)6(3-7)4-8(11)5-12;/h1-3,8,12-13H,4-5,11H2;1H. The molecular weight excluding hydrogens is 209 g/mol. The first-order chi connectivity index (χ1) is 6.13. The predicted molar refractivity (Wildman–Crippen MR) is 54.1 cm³/mol. The zero-order chi connectivity index (χ0) is 9.84. The van der Waals surface area contributed by atoms with Gasteiger partial charge in [0.2, 0.25) is 0 Å². The van der Waals surface area contributed by atoms with Crippen molar-refractivity contribution >= 4 is 12.4 Å². The monoisotopic (exact) mass is 221 g/mol. The Morgan fingerprint density at radius 3 is 2.64 bits per heavy atom. The van der Waals surface area contributed by atoms with Crippen LogP contribution in [0.15, 0.2) is 18.2 Å². The van der Waals surface area contributed by atoms with Crippen molar-refractivity contribution in [1.29, 1.82) is 0 Å². The van der Waals surface area contributed by atoms with Crippen LogP contribution in [0.1, 0.15) is 5.56 Å². The minimum absolute atomic E-state index is 0. The van der Waals surface area contributed by atoms with E-state index in [0.717, 1.165) is 0 Å². The van der Waals surface area contributed by atoms with Gasteiger partial charge in [-0.15, -0.1) is 12.4 Å². The molecule has 0 aliphatic carbocycles. The number of phenols is 1. The normalized spacial score (nSPS) is 11.9. The van der Waals surface area contributed by atoms with Gasteiger partial charge in [0.1, 0.15) is 11.6 Å². The summed E-state index contributed by atoms with van der Waals surface area (Å²) < 4.78 is 12.7. The minimum atomic E-state index is -0.465. The van der Waals surface area contributed by atoms with E-state index in [1.54, 1.807) is 0 Å². The van der Waals surface area contributed by atoms with Crippen LogP contribution < -0.4 is 5.73 Å². The first-order valence-corrected chi connectivity index (χ1v) is 3.97. The van der Waals surface area contributed by atoms with Crippen LogP contribution in [0.25, 0.3) is 0 Å². The van der Waals surface area contributed by atoms with Crippen molar-refractivity contribution < 1.29 is 14.6 Å². The third-order valence-electron chi connectivity index (χ3n) is 1.76. The number of benzene rings is 1. The molecule has 0 bridgehead atoms. The van der Waals surface area contributed by atoms with Crippen molar-refractivity contribution in [1.82, 2.24) is 0 Å². The molecule has 80 valence electrons. The summed E-state index contributed by atoms with van der Waals surface area (Å²) in [7, 11) is 0. The van der Waals surface area contributed by atoms with Crippen LogP contribution >= 0.6 is 12.4 Å². The van der Waals surface area contributed by atoms with Gasteiger partial charge in [0.05, 0.1) is 6.61 Å². The highest BCUT2D eigenvalue weighted by atomic mass is 35.5. The first-order valence-electron chi connectivity index (χ1n) is 3.97. The molecule has 0 aliphatic rings. The highest BCUT2D eigenvalue weighted by Crippen LogP contribution is 2.18. The zero-order valence-corrected chi connectivity index (χ0v) is 8.30. The van der Waals surface area contributed by atoms with E-state index in [4.69, 9.17) is 10.8 Å². The number of aliphatic hydroxyl groups is 1. The van der Waals surface area contributed by atoms with Crippen LogP contribution in [0.5, 0.6) is 5.75 Å². The van der Waals surface area contributed by atoms with Gasteiger partial charge >= 0.3 is 0 Å². The number of halogens is 2. The summed E-state index contributed by atoms with van der Waals surface area (Å²) in [5.74, 6) is -0.414. The van der Waals surface area contributed by atoms with Crippen molar-refractivity contribution in [3.63, 3.8) is 0 Å². The fraction of sp³-hybridized carbons (Fsp3) is 0.333. The van der Waals surface area contributed by atoms with Gasteiger partial charge < -0.3 is 15.9 Å². The van der Waals surface area contributed by atoms with Crippen LogP contribution in [0.3, 0.4) is 0 Å². The third-order valence-corrected chi connectivity index (χ3v) is 1.76. The van der Waals surface area contributed by atoms with Gasteiger partial charge in [-0.2, -0.15) is 0 Å². The van der Waals surface area contributed by atoms with E-state index in [1.165, 1.54) is 18.2 Å². The summed E-state index contributed by atoms with van der Waals surface area (Å²) in [6.45, 7) is -0.185. The molecule has 1 rings (SSSR count). The zero-order valence-electron chi connectivity index (χ0n) is 7.48. The molecule has 0 saturated carbocycles. The number of hydrogen-bond acceptors (Lipinski definition) is 3. The fourth-order valence-corrected chi connectivity index (χ4v) is 1.06. The number of rotatable bonds is 3. The largest absolute Gasteiger partial charge is 0.508 e. The van der Waals surface area contributed by atoms with Gasteiger partial charge in [-0.25, -0.2) is 4.39 Å². The van der Waals surface area contributed by atoms with Gasteiger partial charge in [-0.3, -0.25) is 0 Å². The average Bonchev–Trinajstić information content (AvgIpc) is 2.11. The van der Waals surface area contributed by atoms with Gasteiger partial charge in [0.25, 0.3) is 0 Å². The summed E-state index contributed by atoms with van der Waals surface area (Å²) in [5.41, 5.74) is 5.86. The minimum Gasteiger partial charge on any atom is -0.508 e. The van der Waals surface area contributed by atoms with Gasteiger partial charge in [0.15, 0.2) is 0 Å². The summed E-state index contributed by atoms with van der Waals surface area (Å²) in [5, 5.41) is 17.9. The lowest BCUT2D eigenvalue weighted by Crippen LogP contribution is -2.26. The number of nitrogens with two attached hydrogens (primary N) is 1. The molecule has 1 aromatic carbocycles. The lowest BCUT2D eigenvalue weighted by Gasteiger charge is -2.09. The van der Waals surface area contributed by atoms with Gasteiger partial charge in [-0.1, -0.05) is 0 Å². The molecule has 0 aromatic heterocycles. The summed E-state index contributed by atoms with van der Waals surface area (Å²) in [6, 6.07) is 3.19. The van der Waals surface area contributed by atoms with E-state index in [0.29, 0.717) is 5.56 Å². The Labute approximate surface area is 87.8 Å². The van der Waals surface area contributed by atoms with E-state index in [9.17, 15) is 9.50 Å². The summed E-state index contributed by atoms with van der Waals surface area (Å²) in [6.07, 6.45) is 0.264. The molecule has 4 N–H and O–H groups in total. The van der Waals surface area contributed by atoms with E-state index in [-0.39, 0.29) is 31.2 Å². The molecule has 0 saturated heterocycles. The number of aromatic hydroxyl groups is 1. The lowest BCUT2D eigenvalue weighted by atomic mass is 10.1. The van der Waals surface area contributed by atoms with Crippen LogP contribution in [-0.4, -0.2) is 22.9 Å². The van der Waals surface area contributed by atoms with E-state index in [1.807, 2.05) is 0 Å². The van der Waals surface area contributed by atoms with E-state index >= 15 is 0 Å². The molecule has 0 fully saturated rings. The molecule has 1 atom stereocenters. The number of hydrogen-bond donors (Lipinski definition) is 3. The second-order valence-corrected chi connectivity index (χ2v) is 2.92. The van der Waals surface area contributed by atoms with Gasteiger partial charge in [0, 0.05) is 6.04 Å². The predicted octanol–water partition coefficient (Wildman–Crippen LogP) is 0.815. The Hall–Kier alpha value is -0.840. The molecule has 0 radical (unpaired) electrons. The van der Waals surface area contributed by atoms with Crippen molar-refractivity contribution in [2.45, 2.75) is 12.5 Å². The van der Waals surface area contributed by atoms with Crippen molar-refractivity contribution in [2.24, 2.45) is 5.73 Å². The molecule has 1 unspecified atom stereocenters. The second-order valence-electron chi connectivity index (χ2n) is 2.92. The quantitative estimate of drug-likeness (QED) is 0.708. The van der Waals surface area contributed by atoms with E-state index in [2.05, 4.69) is 0 Å². The average molecular weight is 222 g/mol. The van der Waals surface area contributed by atoms with Crippen LogP contribution in [-0.2, 0) is 6.42 Å². The highest BCUT2D eigenvalue weighted by molar-refractivity contribution is 5.85. The molecule has 0 aliphatic heterocycles. The van der Waals surface area contributed by atoms with Crippen molar-refractivity contribution in [3.05, 3.63) is 29.6 Å². The summed E-state index contributed by atoms with van der Waals surface area (Å²) >= 11 is 0. The van der Waals surface area contributed by atoms with Crippen LogP contribution in [0, 0.1) is 5.82 Å². The number of phenolic OH excluding ortho intramolecular Hbond substituents is 1. The molecule has 14 heavy (non-hydrogen) atoms. The maximum absolute atomic E-state index is 12.7. The Balaban J connectivity index is 0.00000169. The molecule has 1 aromatic rings. The second kappa shape index (κ2) is 5.80. The molecule has 0 heterocycles. The summed E-state index contributed by atoms with van der Waals surface area (Å²) in [4.78, 5) is 0. The Bertz CT molecular complexity index is 296. The van der Waals surface area contributed by atoms with E-state index < -0.39 is 11.9 Å². The molecular formula is C9H13ClFNO2. The first kappa shape index (κ1) is 13.2. The Morgan fingerprint density at radius 1 is 1.43 bits per heavy atom. The number of aliphatic hydroxyl groups excluding tert-OH is 1. The fourth-order valence-electron chi connectivity index (χ4n) is 1.06. The molecule has 5 heteroatoms. The molecule has 0 amide bonds. The highest BCUT2D eigenvalue weighted by Gasteiger charge is 2.07. The third kappa shape index (κ3) is 3.49. The van der Waals surface area contributed by atoms with Gasteiger partial charge in [-0.05, 0) is 30.2 Å². The topological polar surface area (TPSA) is 66.5 Å². The maximum Gasteiger partial charge on any atom is 0.123 e. The van der Waals surface area contributed by atoms with Crippen molar-refractivity contribution in [2.75, 3.05) is 6.61 Å².